The summed E-state index contributed by atoms with van der Waals surface area (Å²) in [6, 6.07) is 0. The minimum atomic E-state index is -4.97. The van der Waals surface area contributed by atoms with Crippen molar-refractivity contribution >= 4 is 32.1 Å². The maximum Gasteiger partial charge on any atom is 0.472 e. The Kier molecular flexibility index (Phi) is 16.2. The number of carboxylic acids is 1. The van der Waals surface area contributed by atoms with E-state index in [1.807, 2.05) is 0 Å². The van der Waals surface area contributed by atoms with Crippen LogP contribution in [0.25, 0.3) is 0 Å². The average molecular weight is 510 g/mol. The first kappa shape index (κ1) is 33.4. The number of carbonyl (C=O) groups is 4. The summed E-state index contributed by atoms with van der Waals surface area (Å²) in [6.45, 7) is -1.21. The van der Waals surface area contributed by atoms with Gasteiger partial charge >= 0.3 is 13.8 Å². The van der Waals surface area contributed by atoms with E-state index in [-0.39, 0.29) is 12.6 Å². The summed E-state index contributed by atoms with van der Waals surface area (Å²) in [6.07, 6.45) is -16.8. The molecule has 0 unspecified atom stereocenters. The minimum Gasteiger partial charge on any atom is -0.476 e. The van der Waals surface area contributed by atoms with Gasteiger partial charge in [0.05, 0.1) is 13.2 Å². The van der Waals surface area contributed by atoms with Gasteiger partial charge in [0.15, 0.2) is 12.6 Å². The van der Waals surface area contributed by atoms with Crippen LogP contribution in [0.2, 0.25) is 0 Å². The second-order valence-electron chi connectivity index (χ2n) is 6.27. The lowest BCUT2D eigenvalue weighted by Crippen LogP contribution is -2.47. The highest BCUT2D eigenvalue weighted by Crippen LogP contribution is 2.43. The number of aliphatic hydroxyl groups excluding tert-OH is 8. The molecule has 0 heterocycles. The fourth-order valence-corrected chi connectivity index (χ4v) is 2.35. The van der Waals surface area contributed by atoms with Crippen LogP contribution in [0.3, 0.4) is 0 Å². The van der Waals surface area contributed by atoms with Crippen LogP contribution >= 0.6 is 7.82 Å². The van der Waals surface area contributed by atoms with Crippen molar-refractivity contribution in [3.05, 3.63) is 0 Å². The van der Waals surface area contributed by atoms with Crippen molar-refractivity contribution in [3.63, 3.8) is 0 Å². The number of aldehydes is 2. The monoisotopic (exact) mass is 510 g/mol. The van der Waals surface area contributed by atoms with Crippen molar-refractivity contribution in [1.82, 2.24) is 0 Å². The maximum atomic E-state index is 11.6. The molecule has 0 aliphatic carbocycles. The van der Waals surface area contributed by atoms with E-state index in [1.165, 1.54) is 0 Å². The van der Waals surface area contributed by atoms with Gasteiger partial charge in [0, 0.05) is 6.92 Å². The van der Waals surface area contributed by atoms with Crippen LogP contribution in [-0.2, 0) is 32.8 Å². The first-order chi connectivity index (χ1) is 15.0. The average Bonchev–Trinajstić information content (AvgIpc) is 2.78. The standard InChI is InChI=1S/C12H23O14P.C3H4O3/c13-1-5(15)9(19)11(21)7(17)3-25-27(23,24)26-4-8(18)12(22)10(20)6(16)2-14;1-2(4)3(5)6/h1-2,5-12,15-22H,3-4H2,(H,23,24);1H3,(H,5,6)/t5-,6-,7+,8+,9+,10+,11+,12+;/m0./s1. The van der Waals surface area contributed by atoms with Gasteiger partial charge in [-0.05, 0) is 0 Å². The maximum absolute atomic E-state index is 11.6. The summed E-state index contributed by atoms with van der Waals surface area (Å²) in [4.78, 5) is 48.8. The molecule has 0 amide bonds. The Hall–Kier alpha value is -1.73. The topological polar surface area (TPSA) is 306 Å². The van der Waals surface area contributed by atoms with Crippen LogP contribution in [0.5, 0.6) is 0 Å². The number of carbonyl (C=O) groups excluding carboxylic acids is 3. The highest BCUT2D eigenvalue weighted by Gasteiger charge is 2.35. The van der Waals surface area contributed by atoms with Crippen LogP contribution in [0.15, 0.2) is 0 Å². The lowest BCUT2D eigenvalue weighted by atomic mass is 10.0. The first-order valence-electron chi connectivity index (χ1n) is 8.73. The Morgan fingerprint density at radius 1 is 0.758 bits per heavy atom. The molecule has 0 rings (SSSR count). The lowest BCUT2D eigenvalue weighted by Gasteiger charge is -2.26. The van der Waals surface area contributed by atoms with Gasteiger partial charge in [0.25, 0.3) is 0 Å². The zero-order chi connectivity index (χ0) is 26.5. The molecule has 194 valence electrons. The summed E-state index contributed by atoms with van der Waals surface area (Å²) < 4.78 is 20.1. The highest BCUT2D eigenvalue weighted by atomic mass is 31.2. The fourth-order valence-electron chi connectivity index (χ4n) is 1.60. The summed E-state index contributed by atoms with van der Waals surface area (Å²) in [7, 11) is -4.97. The van der Waals surface area contributed by atoms with Crippen molar-refractivity contribution in [1.29, 1.82) is 0 Å². The molecule has 0 aromatic heterocycles. The normalized spacial score (nSPS) is 20.3. The number of Topliss-reactive ketones (excluding diaryl/α,β-unsaturated/α-hetero) is 1. The number of carboxylic acid groups (broad SMARTS) is 1. The third-order valence-electron chi connectivity index (χ3n) is 3.58. The summed E-state index contributed by atoms with van der Waals surface area (Å²) >= 11 is 0. The molecular formula is C15H27O17P. The third-order valence-corrected chi connectivity index (χ3v) is 4.54. The van der Waals surface area contributed by atoms with E-state index in [2.05, 4.69) is 9.05 Å². The molecule has 0 aromatic carbocycles. The number of phosphoric ester groups is 1. The van der Waals surface area contributed by atoms with Gasteiger partial charge in [-0.3, -0.25) is 13.8 Å². The van der Waals surface area contributed by atoms with E-state index >= 15 is 0 Å². The minimum absolute atomic E-state index is 0.121. The molecule has 0 saturated heterocycles. The van der Waals surface area contributed by atoms with Crippen LogP contribution < -0.4 is 0 Å². The highest BCUT2D eigenvalue weighted by molar-refractivity contribution is 7.47. The molecule has 0 spiro atoms. The number of hydrogen-bond acceptors (Lipinski definition) is 15. The summed E-state index contributed by atoms with van der Waals surface area (Å²) in [5, 5.41) is 82.1. The second kappa shape index (κ2) is 16.0. The Morgan fingerprint density at radius 3 is 1.24 bits per heavy atom. The molecule has 0 bridgehead atoms. The zero-order valence-corrected chi connectivity index (χ0v) is 17.9. The molecule has 33 heavy (non-hydrogen) atoms. The Labute approximate surface area is 185 Å². The molecule has 0 fully saturated rings. The van der Waals surface area contributed by atoms with E-state index in [4.69, 9.17) is 15.3 Å². The van der Waals surface area contributed by atoms with E-state index in [0.29, 0.717) is 0 Å². The van der Waals surface area contributed by atoms with E-state index < -0.39 is 81.6 Å². The first-order valence-corrected chi connectivity index (χ1v) is 10.2. The number of aliphatic hydroxyl groups is 8. The van der Waals surface area contributed by atoms with Crippen LogP contribution in [-0.4, -0.2) is 137 Å². The molecule has 0 saturated carbocycles. The smallest absolute Gasteiger partial charge is 0.472 e. The molecule has 0 aromatic rings. The lowest BCUT2D eigenvalue weighted by molar-refractivity contribution is -0.148. The molecule has 10 N–H and O–H groups in total. The van der Waals surface area contributed by atoms with Crippen LogP contribution in [0.1, 0.15) is 6.92 Å². The molecule has 0 aliphatic heterocycles. The van der Waals surface area contributed by atoms with Crippen LogP contribution in [0, 0.1) is 0 Å². The second-order valence-corrected chi connectivity index (χ2v) is 7.73. The van der Waals surface area contributed by atoms with Crippen LogP contribution in [0.4, 0.5) is 0 Å². The molecule has 0 aliphatic rings. The Bertz CT molecular complexity index is 619. The van der Waals surface area contributed by atoms with Gasteiger partial charge in [-0.25, -0.2) is 9.36 Å². The molecule has 18 heteroatoms. The zero-order valence-electron chi connectivity index (χ0n) is 17.0. The summed E-state index contributed by atoms with van der Waals surface area (Å²) in [5.74, 6) is -2.20. The van der Waals surface area contributed by atoms with Gasteiger partial charge in [-0.15, -0.1) is 0 Å². The Morgan fingerprint density at radius 2 is 1.03 bits per heavy atom. The SMILES string of the molecule is CC(=O)C(=O)O.O=C[C@H](O)[C@@H](O)[C@H](O)[C@H](O)COP(=O)(O)OC[C@@H](O)[C@@H](O)[C@H](O)[C@@H](O)C=O. The van der Waals surface area contributed by atoms with Gasteiger partial charge in [0.2, 0.25) is 5.78 Å². The third kappa shape index (κ3) is 13.5. The number of ketones is 1. The largest absolute Gasteiger partial charge is 0.476 e. The molecule has 0 radical (unpaired) electrons. The molecule has 8 atom stereocenters. The summed E-state index contributed by atoms with van der Waals surface area (Å²) in [5.41, 5.74) is 0. The van der Waals surface area contributed by atoms with Gasteiger partial charge in [-0.2, -0.15) is 0 Å². The van der Waals surface area contributed by atoms with Crippen molar-refractivity contribution in [3.8, 4) is 0 Å². The van der Waals surface area contributed by atoms with E-state index in [1.54, 1.807) is 0 Å². The number of phosphoric acid groups is 1. The molecule has 17 nitrogen and oxygen atoms in total. The van der Waals surface area contributed by atoms with Gasteiger partial charge in [0.1, 0.15) is 48.8 Å². The van der Waals surface area contributed by atoms with E-state index in [9.17, 15) is 59.3 Å². The number of hydrogen-bond donors (Lipinski definition) is 10. The number of aliphatic carboxylic acids is 1. The van der Waals surface area contributed by atoms with Gasteiger partial charge < -0.3 is 60.4 Å². The van der Waals surface area contributed by atoms with E-state index in [0.717, 1.165) is 6.92 Å². The predicted octanol–water partition coefficient (Wildman–Crippen LogP) is -5.93. The Balaban J connectivity index is 0. The van der Waals surface area contributed by atoms with Crippen molar-refractivity contribution in [2.45, 2.75) is 55.8 Å². The van der Waals surface area contributed by atoms with Gasteiger partial charge in [-0.1, -0.05) is 0 Å². The van der Waals surface area contributed by atoms with Crippen molar-refractivity contribution in [2.24, 2.45) is 0 Å². The number of rotatable bonds is 15. The fraction of sp³-hybridized carbons (Fsp3) is 0.733. The predicted molar refractivity (Wildman–Crippen MR) is 100 cm³/mol. The quantitative estimate of drug-likeness (QED) is 0.0557. The molecular weight excluding hydrogens is 483 g/mol. The van der Waals surface area contributed by atoms with Crippen molar-refractivity contribution in [2.75, 3.05) is 13.2 Å². The van der Waals surface area contributed by atoms with Crippen molar-refractivity contribution < 1.29 is 83.6 Å².